The van der Waals surface area contributed by atoms with Crippen molar-refractivity contribution in [1.82, 2.24) is 5.32 Å². The third-order valence-electron chi connectivity index (χ3n) is 4.37. The highest BCUT2D eigenvalue weighted by molar-refractivity contribution is 8.15. The molecule has 2 unspecified atom stereocenters. The Morgan fingerprint density at radius 1 is 1.06 bits per heavy atom. The monoisotopic (exact) mass is 490 g/mol. The molecule has 1 aliphatic rings. The van der Waals surface area contributed by atoms with Crippen LogP contribution in [0.4, 0.5) is 18.0 Å². The van der Waals surface area contributed by atoms with Crippen LogP contribution in [0, 0.1) is 0 Å². The van der Waals surface area contributed by atoms with E-state index in [1.807, 2.05) is 0 Å². The molecule has 2 aromatic carbocycles. The van der Waals surface area contributed by atoms with E-state index < -0.39 is 38.6 Å². The van der Waals surface area contributed by atoms with Gasteiger partial charge in [0.25, 0.3) is 5.24 Å². The number of nitrogens with one attached hydrogen (secondary N) is 1. The molecule has 3 rings (SSSR count). The zero-order valence-electron chi connectivity index (χ0n) is 16.2. The highest BCUT2D eigenvalue weighted by Crippen LogP contribution is 2.31. The quantitative estimate of drug-likeness (QED) is 0.583. The molecule has 0 aliphatic carbocycles. The van der Waals surface area contributed by atoms with Crippen LogP contribution in [0.1, 0.15) is 22.8 Å². The molecule has 0 aromatic heterocycles. The first-order valence-electron chi connectivity index (χ1n) is 9.02. The number of hydrogen-bond acceptors (Lipinski definition) is 7. The van der Waals surface area contributed by atoms with E-state index in [-0.39, 0.29) is 18.1 Å². The topological polar surface area (TPSA) is 125 Å². The third kappa shape index (κ3) is 6.69. The molecule has 2 amide bonds. The number of alkyl halides is 3. The molecule has 1 saturated heterocycles. The first kappa shape index (κ1) is 24.0. The van der Waals surface area contributed by atoms with Gasteiger partial charge in [-0.25, -0.2) is 9.32 Å². The number of halogens is 3. The Morgan fingerprint density at radius 3 is 2.19 bits per heavy atom. The molecule has 1 heterocycles. The van der Waals surface area contributed by atoms with Gasteiger partial charge in [0.2, 0.25) is 5.91 Å². The zero-order valence-corrected chi connectivity index (χ0v) is 17.8. The number of carbonyl (C=O) groups is 2. The summed E-state index contributed by atoms with van der Waals surface area (Å²) in [5.74, 6) is -0.0388. The van der Waals surface area contributed by atoms with E-state index in [1.165, 1.54) is 0 Å². The van der Waals surface area contributed by atoms with Crippen molar-refractivity contribution in [3.63, 3.8) is 0 Å². The molecule has 8 nitrogen and oxygen atoms in total. The van der Waals surface area contributed by atoms with E-state index in [0.29, 0.717) is 12.2 Å². The fourth-order valence-corrected chi connectivity index (χ4v) is 4.21. The Hall–Kier alpha value is -2.61. The minimum atomic E-state index is -4.54. The lowest BCUT2D eigenvalue weighted by atomic mass is 10.1. The van der Waals surface area contributed by atoms with Crippen molar-refractivity contribution in [2.75, 3.05) is 6.61 Å². The number of nitrogens with two attached hydrogens (primary N) is 1. The van der Waals surface area contributed by atoms with Crippen LogP contribution in [-0.4, -0.2) is 31.4 Å². The van der Waals surface area contributed by atoms with Gasteiger partial charge in [-0.3, -0.25) is 14.9 Å². The molecule has 3 N–H and O–H groups in total. The maximum atomic E-state index is 12.8. The van der Waals surface area contributed by atoms with Crippen LogP contribution in [0.3, 0.4) is 0 Å². The summed E-state index contributed by atoms with van der Waals surface area (Å²) >= 11 is 0.906. The number of imide groups is 1. The van der Waals surface area contributed by atoms with Crippen LogP contribution in [-0.2, 0) is 31.9 Å². The number of carbonyl (C=O) groups excluding carboxylic acids is 2. The number of hydrogen-bond donors (Lipinski definition) is 2. The number of benzene rings is 2. The van der Waals surface area contributed by atoms with E-state index >= 15 is 0 Å². The van der Waals surface area contributed by atoms with Crippen molar-refractivity contribution in [3.8, 4) is 5.75 Å². The van der Waals surface area contributed by atoms with Gasteiger partial charge in [-0.2, -0.15) is 21.6 Å². The molecule has 2 aromatic rings. The lowest BCUT2D eigenvalue weighted by molar-refractivity contribution is -0.137. The van der Waals surface area contributed by atoms with Crippen LogP contribution in [0.2, 0.25) is 0 Å². The van der Waals surface area contributed by atoms with Gasteiger partial charge in [0.1, 0.15) is 18.5 Å². The van der Waals surface area contributed by atoms with Gasteiger partial charge >= 0.3 is 16.5 Å². The van der Waals surface area contributed by atoms with Gasteiger partial charge in [-0.05, 0) is 41.8 Å². The van der Waals surface area contributed by atoms with Gasteiger partial charge < -0.3 is 4.74 Å². The first-order valence-corrected chi connectivity index (χ1v) is 11.4. The Morgan fingerprint density at radius 2 is 1.69 bits per heavy atom. The molecule has 172 valence electrons. The van der Waals surface area contributed by atoms with Gasteiger partial charge in [-0.1, -0.05) is 36.0 Å². The average molecular weight is 490 g/mol. The summed E-state index contributed by atoms with van der Waals surface area (Å²) in [6, 6.07) is 10.2. The highest BCUT2D eigenvalue weighted by Gasteiger charge is 2.32. The third-order valence-corrected chi connectivity index (χ3v) is 5.85. The van der Waals surface area contributed by atoms with Crippen molar-refractivity contribution < 1.29 is 40.1 Å². The molecule has 0 radical (unpaired) electrons. The molecular weight excluding hydrogens is 473 g/mol. The van der Waals surface area contributed by atoms with Crippen LogP contribution in [0.5, 0.6) is 5.75 Å². The number of rotatable bonds is 8. The van der Waals surface area contributed by atoms with Crippen molar-refractivity contribution in [2.45, 2.75) is 24.0 Å². The highest BCUT2D eigenvalue weighted by atomic mass is 32.2. The van der Waals surface area contributed by atoms with Crippen LogP contribution in [0.15, 0.2) is 48.5 Å². The van der Waals surface area contributed by atoms with Crippen LogP contribution in [0.25, 0.3) is 0 Å². The minimum Gasteiger partial charge on any atom is -0.490 e. The maximum Gasteiger partial charge on any atom is 0.416 e. The molecule has 2 atom stereocenters. The molecule has 0 bridgehead atoms. The molecule has 0 saturated carbocycles. The summed E-state index contributed by atoms with van der Waals surface area (Å²) < 4.78 is 71.3. The number of thioether (sulfide) groups is 1. The van der Waals surface area contributed by atoms with Gasteiger partial charge in [-0.15, -0.1) is 0 Å². The normalized spacial score (nSPS) is 17.8. The second kappa shape index (κ2) is 9.48. The van der Waals surface area contributed by atoms with Gasteiger partial charge in [0.05, 0.1) is 10.8 Å². The predicted molar refractivity (Wildman–Crippen MR) is 109 cm³/mol. The second-order valence-electron chi connectivity index (χ2n) is 6.74. The van der Waals surface area contributed by atoms with E-state index in [1.54, 1.807) is 24.3 Å². The fourth-order valence-electron chi connectivity index (χ4n) is 2.86. The zero-order chi connectivity index (χ0) is 23.5. The largest absolute Gasteiger partial charge is 0.490 e. The Labute approximate surface area is 185 Å². The summed E-state index contributed by atoms with van der Waals surface area (Å²) in [5.41, 5.74) is -0.0136. The standard InChI is InChI=1S/C19H17F3N2O6S2/c20-19(21,22)13-5-3-12(4-6-13)15(30-32(23,27)28)10-29-14-7-1-11(2-8-14)9-16-17(25)24-18(26)31-16/h1-8,15-16H,9-10H2,(H2,23,27,28)(H,24,25,26). The van der Waals surface area contributed by atoms with Crippen molar-refractivity contribution in [1.29, 1.82) is 0 Å². The Bertz CT molecular complexity index is 1090. The summed E-state index contributed by atoms with van der Waals surface area (Å²) in [7, 11) is -4.41. The first-order chi connectivity index (χ1) is 14.9. The fraction of sp³-hybridized carbons (Fsp3) is 0.263. The van der Waals surface area contributed by atoms with Crippen LogP contribution < -0.4 is 15.2 Å². The smallest absolute Gasteiger partial charge is 0.416 e. The maximum absolute atomic E-state index is 12.8. The number of amides is 2. The average Bonchev–Trinajstić information content (AvgIpc) is 3.01. The van der Waals surface area contributed by atoms with Crippen molar-refractivity contribution in [2.24, 2.45) is 5.14 Å². The van der Waals surface area contributed by atoms with Gasteiger partial charge in [0.15, 0.2) is 0 Å². The predicted octanol–water partition coefficient (Wildman–Crippen LogP) is 2.94. The molecule has 32 heavy (non-hydrogen) atoms. The molecule has 1 aliphatic heterocycles. The summed E-state index contributed by atoms with van der Waals surface area (Å²) in [5, 5.41) is 6.19. The summed E-state index contributed by atoms with van der Waals surface area (Å²) in [4.78, 5) is 22.9. The molecule has 1 fully saturated rings. The molecule has 0 spiro atoms. The Kier molecular flexibility index (Phi) is 7.12. The lowest BCUT2D eigenvalue weighted by Gasteiger charge is -2.18. The van der Waals surface area contributed by atoms with Gasteiger partial charge in [0, 0.05) is 0 Å². The molecular formula is C19H17F3N2O6S2. The van der Waals surface area contributed by atoms with Crippen molar-refractivity contribution >= 4 is 33.2 Å². The van der Waals surface area contributed by atoms with E-state index in [0.717, 1.165) is 41.6 Å². The van der Waals surface area contributed by atoms with E-state index in [2.05, 4.69) is 5.32 Å². The van der Waals surface area contributed by atoms with E-state index in [4.69, 9.17) is 14.1 Å². The lowest BCUT2D eigenvalue weighted by Crippen LogP contribution is -2.25. The summed E-state index contributed by atoms with van der Waals surface area (Å²) in [6.07, 6.45) is -5.50. The minimum absolute atomic E-state index is 0.123. The van der Waals surface area contributed by atoms with Crippen molar-refractivity contribution in [3.05, 3.63) is 65.2 Å². The SMILES string of the molecule is NS(=O)(=O)OC(COc1ccc(CC2SC(=O)NC2=O)cc1)c1ccc(C(F)(F)F)cc1. The Balaban J connectivity index is 1.66. The molecule has 13 heteroatoms. The second-order valence-corrected chi connectivity index (χ2v) is 9.09. The number of ether oxygens (including phenoxy) is 1. The summed E-state index contributed by atoms with van der Waals surface area (Å²) in [6.45, 7) is -0.351. The van der Waals surface area contributed by atoms with E-state index in [9.17, 15) is 31.2 Å². The van der Waals surface area contributed by atoms with Crippen LogP contribution >= 0.6 is 11.8 Å².